The summed E-state index contributed by atoms with van der Waals surface area (Å²) >= 11 is 5.48. The van der Waals surface area contributed by atoms with Crippen LogP contribution < -0.4 is 4.74 Å². The van der Waals surface area contributed by atoms with Crippen molar-refractivity contribution < 1.29 is 22.3 Å². The quantitative estimate of drug-likeness (QED) is 0.612. The highest BCUT2D eigenvalue weighted by Gasteiger charge is 2.33. The number of halogens is 5. The molecule has 0 aromatic heterocycles. The summed E-state index contributed by atoms with van der Waals surface area (Å²) in [7, 11) is 0. The van der Waals surface area contributed by atoms with Crippen molar-refractivity contribution in [1.29, 1.82) is 0 Å². The largest absolute Gasteiger partial charge is 0.573 e. The van der Waals surface area contributed by atoms with Gasteiger partial charge >= 0.3 is 6.36 Å². The van der Waals surface area contributed by atoms with Crippen molar-refractivity contribution in [3.8, 4) is 5.75 Å². The van der Waals surface area contributed by atoms with Crippen molar-refractivity contribution in [2.75, 3.05) is 0 Å². The van der Waals surface area contributed by atoms with Crippen molar-refractivity contribution in [1.82, 2.24) is 0 Å². The molecule has 3 nitrogen and oxygen atoms in total. The lowest BCUT2D eigenvalue weighted by atomic mass is 10.2. The third kappa shape index (κ3) is 3.06. The predicted molar refractivity (Wildman–Crippen MR) is 47.6 cm³/mol. The van der Waals surface area contributed by atoms with Crippen LogP contribution in [-0.4, -0.2) is 6.36 Å². The van der Waals surface area contributed by atoms with Gasteiger partial charge in [-0.1, -0.05) is 16.8 Å². The topological polar surface area (TPSA) is 38.7 Å². The maximum absolute atomic E-state index is 13.3. The number of alkyl halides is 3. The van der Waals surface area contributed by atoms with Gasteiger partial charge in [-0.3, -0.25) is 0 Å². The molecule has 0 aliphatic rings. The molecule has 0 aliphatic heterocycles. The summed E-state index contributed by atoms with van der Waals surface area (Å²) in [5, 5.41) is 2.17. The molecule has 1 aromatic rings. The fraction of sp³-hybridized carbons (Fsp3) is 0.250. The van der Waals surface area contributed by atoms with Crippen molar-refractivity contribution in [2.24, 2.45) is 5.18 Å². The van der Waals surface area contributed by atoms with Crippen LogP contribution in [0.5, 0.6) is 5.75 Å². The van der Waals surface area contributed by atoms with E-state index in [4.69, 9.17) is 11.6 Å². The molecule has 0 heterocycles. The second-order valence-electron chi connectivity index (χ2n) is 2.67. The third-order valence-corrected chi connectivity index (χ3v) is 1.95. The summed E-state index contributed by atoms with van der Waals surface area (Å²) < 4.78 is 52.2. The van der Waals surface area contributed by atoms with Crippen LogP contribution in [0.3, 0.4) is 0 Å². The number of nitrogens with zero attached hydrogens (tertiary/aromatic N) is 1. The summed E-state index contributed by atoms with van der Waals surface area (Å²) in [6.07, 6.45) is -5.01. The molecular formula is C8H4ClF4NO2. The van der Waals surface area contributed by atoms with Gasteiger partial charge in [0.25, 0.3) is 0 Å². The summed E-state index contributed by atoms with van der Waals surface area (Å²) in [5.74, 6) is -2.39. The van der Waals surface area contributed by atoms with E-state index in [-0.39, 0.29) is 5.02 Å². The van der Waals surface area contributed by atoms with Gasteiger partial charge in [0.05, 0.1) is 0 Å². The lowest BCUT2D eigenvalue weighted by Gasteiger charge is -2.11. The Labute approximate surface area is 91.9 Å². The first-order valence-corrected chi connectivity index (χ1v) is 4.24. The highest BCUT2D eigenvalue weighted by atomic mass is 35.5. The lowest BCUT2D eigenvalue weighted by molar-refractivity contribution is -0.275. The zero-order valence-corrected chi connectivity index (χ0v) is 8.27. The molecule has 1 aromatic carbocycles. The van der Waals surface area contributed by atoms with Crippen LogP contribution in [-0.2, 0) is 6.54 Å². The van der Waals surface area contributed by atoms with Gasteiger partial charge in [-0.05, 0) is 12.1 Å². The fourth-order valence-corrected chi connectivity index (χ4v) is 1.19. The minimum Gasteiger partial charge on any atom is -0.403 e. The Morgan fingerprint density at radius 3 is 2.50 bits per heavy atom. The first-order chi connectivity index (χ1) is 7.35. The molecule has 0 aliphatic carbocycles. The standard InChI is InChI=1S/C8H4ClF4NO2/c9-5-1-2-6(16-8(11,12)13)7(10)4(5)3-14-15/h1-2H,3H2. The van der Waals surface area contributed by atoms with Crippen molar-refractivity contribution >= 4 is 11.6 Å². The Morgan fingerprint density at radius 1 is 1.38 bits per heavy atom. The Balaban J connectivity index is 3.13. The van der Waals surface area contributed by atoms with E-state index in [0.717, 1.165) is 12.1 Å². The molecule has 88 valence electrons. The molecule has 0 radical (unpaired) electrons. The van der Waals surface area contributed by atoms with E-state index >= 15 is 0 Å². The van der Waals surface area contributed by atoms with Gasteiger partial charge in [0.1, 0.15) is 6.54 Å². The fourth-order valence-electron chi connectivity index (χ4n) is 0.989. The Kier molecular flexibility index (Phi) is 3.69. The lowest BCUT2D eigenvalue weighted by Crippen LogP contribution is -2.18. The van der Waals surface area contributed by atoms with Crippen LogP contribution in [0.25, 0.3) is 0 Å². The summed E-state index contributed by atoms with van der Waals surface area (Å²) in [5.41, 5.74) is -0.432. The second-order valence-corrected chi connectivity index (χ2v) is 3.08. The average molecular weight is 258 g/mol. The Morgan fingerprint density at radius 2 is 2.00 bits per heavy atom. The van der Waals surface area contributed by atoms with Crippen molar-refractivity contribution in [3.63, 3.8) is 0 Å². The molecule has 0 spiro atoms. The first kappa shape index (κ1) is 12.7. The Bertz CT molecular complexity index is 408. The van der Waals surface area contributed by atoms with E-state index in [0.29, 0.717) is 0 Å². The summed E-state index contributed by atoms with van der Waals surface area (Å²) in [6, 6.07) is 1.71. The third-order valence-electron chi connectivity index (χ3n) is 1.60. The molecule has 0 amide bonds. The molecule has 16 heavy (non-hydrogen) atoms. The van der Waals surface area contributed by atoms with Crippen LogP contribution in [0.2, 0.25) is 5.02 Å². The summed E-state index contributed by atoms with van der Waals surface area (Å²) in [4.78, 5) is 9.94. The molecular weight excluding hydrogens is 254 g/mol. The average Bonchev–Trinajstić information content (AvgIpc) is 2.15. The SMILES string of the molecule is O=NCc1c(Cl)ccc(OC(F)(F)F)c1F. The van der Waals surface area contributed by atoms with Crippen LogP contribution in [0.4, 0.5) is 17.6 Å². The van der Waals surface area contributed by atoms with Gasteiger partial charge in [-0.15, -0.1) is 13.2 Å². The smallest absolute Gasteiger partial charge is 0.403 e. The molecule has 0 fully saturated rings. The van der Waals surface area contributed by atoms with Crippen LogP contribution in [0.15, 0.2) is 17.3 Å². The van der Waals surface area contributed by atoms with Gasteiger partial charge in [-0.2, -0.15) is 4.91 Å². The molecule has 8 heteroatoms. The van der Waals surface area contributed by atoms with E-state index in [2.05, 4.69) is 9.91 Å². The molecule has 0 saturated heterocycles. The highest BCUT2D eigenvalue weighted by Crippen LogP contribution is 2.31. The zero-order chi connectivity index (χ0) is 12.3. The summed E-state index contributed by atoms with van der Waals surface area (Å²) in [6.45, 7) is -0.667. The second kappa shape index (κ2) is 4.65. The molecule has 0 unspecified atom stereocenters. The van der Waals surface area contributed by atoms with E-state index in [1.54, 1.807) is 0 Å². The van der Waals surface area contributed by atoms with Gasteiger partial charge in [0.15, 0.2) is 11.6 Å². The molecule has 1 rings (SSSR count). The number of rotatable bonds is 3. The van der Waals surface area contributed by atoms with Crippen LogP contribution in [0, 0.1) is 10.7 Å². The van der Waals surface area contributed by atoms with Crippen LogP contribution in [0.1, 0.15) is 5.56 Å². The van der Waals surface area contributed by atoms with E-state index < -0.39 is 30.0 Å². The number of benzene rings is 1. The minimum absolute atomic E-state index is 0.188. The van der Waals surface area contributed by atoms with Gasteiger partial charge < -0.3 is 4.74 Å². The normalized spacial score (nSPS) is 11.3. The predicted octanol–water partition coefficient (Wildman–Crippen LogP) is 3.64. The zero-order valence-electron chi connectivity index (χ0n) is 7.52. The first-order valence-electron chi connectivity index (χ1n) is 3.87. The molecule has 0 saturated carbocycles. The number of hydrogen-bond donors (Lipinski definition) is 0. The van der Waals surface area contributed by atoms with Crippen LogP contribution >= 0.6 is 11.6 Å². The van der Waals surface area contributed by atoms with Gasteiger partial charge in [0, 0.05) is 10.6 Å². The molecule has 0 bridgehead atoms. The molecule has 0 N–H and O–H groups in total. The van der Waals surface area contributed by atoms with Crippen molar-refractivity contribution in [2.45, 2.75) is 12.9 Å². The van der Waals surface area contributed by atoms with Crippen molar-refractivity contribution in [3.05, 3.63) is 33.4 Å². The number of nitroso groups, excluding NO2 is 1. The monoisotopic (exact) mass is 257 g/mol. The highest BCUT2D eigenvalue weighted by molar-refractivity contribution is 6.31. The number of hydrogen-bond acceptors (Lipinski definition) is 3. The van der Waals surface area contributed by atoms with E-state index in [9.17, 15) is 22.5 Å². The number of ether oxygens (including phenoxy) is 1. The maximum atomic E-state index is 13.3. The van der Waals surface area contributed by atoms with E-state index in [1.807, 2.05) is 0 Å². The minimum atomic E-state index is -5.01. The molecule has 0 atom stereocenters. The van der Waals surface area contributed by atoms with Gasteiger partial charge in [0.2, 0.25) is 0 Å². The van der Waals surface area contributed by atoms with E-state index in [1.165, 1.54) is 0 Å². The Hall–Kier alpha value is -1.37. The maximum Gasteiger partial charge on any atom is 0.573 e. The van der Waals surface area contributed by atoms with Gasteiger partial charge in [-0.25, -0.2) is 4.39 Å².